The number of carboxylic acid groups (broad SMARTS) is 1. The standard InChI is InChI=1S/C38H34N2O7S/c41-23-25-10-12-26(13-11-25)34-22-32(24-48-35-9-5-4-8-33(35)36(42)43)46-37(47-34)27-14-16-28(17-15-27)39-38(44)40-29-18-20-31(21-19-29)45-30-6-2-1-3-7-30/h1-21,32,34,37,41H,22-24H2,(H,42,43)(H2,39,40,44)/t32-,34+,37+/m0/s1. The van der Waals surface area contributed by atoms with Gasteiger partial charge >= 0.3 is 12.0 Å². The van der Waals surface area contributed by atoms with Crippen LogP contribution in [0.3, 0.4) is 0 Å². The molecule has 0 unspecified atom stereocenters. The number of para-hydroxylation sites is 1. The highest BCUT2D eigenvalue weighted by atomic mass is 32.2. The van der Waals surface area contributed by atoms with Crippen molar-refractivity contribution in [1.82, 2.24) is 0 Å². The third-order valence-electron chi connectivity index (χ3n) is 7.69. The van der Waals surface area contributed by atoms with Crippen LogP contribution in [0.1, 0.15) is 45.9 Å². The van der Waals surface area contributed by atoms with Crippen molar-refractivity contribution in [2.24, 2.45) is 0 Å². The van der Waals surface area contributed by atoms with E-state index in [0.717, 1.165) is 22.4 Å². The number of aliphatic hydroxyl groups is 1. The molecule has 0 bridgehead atoms. The first-order chi connectivity index (χ1) is 23.4. The number of carbonyl (C=O) groups is 2. The minimum Gasteiger partial charge on any atom is -0.478 e. The maximum absolute atomic E-state index is 12.7. The molecule has 2 amide bonds. The van der Waals surface area contributed by atoms with Crippen LogP contribution < -0.4 is 15.4 Å². The number of nitrogens with one attached hydrogen (secondary N) is 2. The van der Waals surface area contributed by atoms with Crippen LogP contribution in [-0.2, 0) is 16.1 Å². The van der Waals surface area contributed by atoms with E-state index in [-0.39, 0.29) is 24.4 Å². The van der Waals surface area contributed by atoms with Crippen molar-refractivity contribution >= 4 is 35.1 Å². The van der Waals surface area contributed by atoms with E-state index in [2.05, 4.69) is 10.6 Å². The number of benzene rings is 5. The number of amides is 2. The molecule has 1 saturated heterocycles. The maximum Gasteiger partial charge on any atom is 0.336 e. The zero-order chi connectivity index (χ0) is 33.3. The molecule has 1 heterocycles. The van der Waals surface area contributed by atoms with Gasteiger partial charge in [0.05, 0.1) is 24.4 Å². The Morgan fingerprint density at radius 2 is 1.33 bits per heavy atom. The minimum absolute atomic E-state index is 0.0474. The van der Waals surface area contributed by atoms with E-state index < -0.39 is 18.3 Å². The summed E-state index contributed by atoms with van der Waals surface area (Å²) >= 11 is 1.44. The second-order valence-electron chi connectivity index (χ2n) is 11.1. The highest BCUT2D eigenvalue weighted by Gasteiger charge is 2.32. The van der Waals surface area contributed by atoms with Gasteiger partial charge in [-0.25, -0.2) is 9.59 Å². The molecule has 4 N–H and O–H groups in total. The summed E-state index contributed by atoms with van der Waals surface area (Å²) in [4.78, 5) is 25.1. The molecular formula is C38H34N2O7S. The van der Waals surface area contributed by atoms with Gasteiger partial charge in [-0.3, -0.25) is 0 Å². The van der Waals surface area contributed by atoms with E-state index in [1.807, 2.05) is 72.8 Å². The van der Waals surface area contributed by atoms with Crippen molar-refractivity contribution in [2.75, 3.05) is 16.4 Å². The van der Waals surface area contributed by atoms with Crippen molar-refractivity contribution in [3.8, 4) is 11.5 Å². The second kappa shape index (κ2) is 15.6. The van der Waals surface area contributed by atoms with E-state index in [9.17, 15) is 19.8 Å². The number of anilines is 2. The topological polar surface area (TPSA) is 126 Å². The molecule has 10 heteroatoms. The first-order valence-corrected chi connectivity index (χ1v) is 16.4. The van der Waals surface area contributed by atoms with Crippen LogP contribution in [-0.4, -0.2) is 34.1 Å². The maximum atomic E-state index is 12.7. The van der Waals surface area contributed by atoms with Crippen molar-refractivity contribution in [3.05, 3.63) is 150 Å². The zero-order valence-electron chi connectivity index (χ0n) is 25.8. The molecule has 5 aromatic carbocycles. The average molecular weight is 663 g/mol. The number of carboxylic acids is 1. The van der Waals surface area contributed by atoms with Crippen LogP contribution in [0.5, 0.6) is 11.5 Å². The molecule has 6 rings (SSSR count). The molecule has 3 atom stereocenters. The molecule has 0 aromatic heterocycles. The number of aromatic carboxylic acids is 1. The van der Waals surface area contributed by atoms with Gasteiger partial charge in [-0.15, -0.1) is 11.8 Å². The van der Waals surface area contributed by atoms with Gasteiger partial charge in [0.25, 0.3) is 0 Å². The van der Waals surface area contributed by atoms with Gasteiger partial charge in [0.15, 0.2) is 6.29 Å². The van der Waals surface area contributed by atoms with Gasteiger partial charge in [-0.2, -0.15) is 0 Å². The highest BCUT2D eigenvalue weighted by Crippen LogP contribution is 2.40. The van der Waals surface area contributed by atoms with Crippen molar-refractivity contribution in [2.45, 2.75) is 36.4 Å². The van der Waals surface area contributed by atoms with E-state index in [1.54, 1.807) is 54.6 Å². The fourth-order valence-corrected chi connectivity index (χ4v) is 6.29. The quantitative estimate of drug-likeness (QED) is 0.104. The summed E-state index contributed by atoms with van der Waals surface area (Å²) in [5, 5.41) is 24.8. The lowest BCUT2D eigenvalue weighted by atomic mass is 10.0. The van der Waals surface area contributed by atoms with Gasteiger partial charge in [-0.05, 0) is 71.8 Å². The Morgan fingerprint density at radius 1 is 0.729 bits per heavy atom. The molecule has 0 spiro atoms. The van der Waals surface area contributed by atoms with Gasteiger partial charge in [-0.1, -0.05) is 66.7 Å². The Balaban J connectivity index is 1.10. The number of hydrogen-bond donors (Lipinski definition) is 4. The highest BCUT2D eigenvalue weighted by molar-refractivity contribution is 7.99. The Kier molecular flexibility index (Phi) is 10.7. The number of hydrogen-bond acceptors (Lipinski definition) is 7. The SMILES string of the molecule is O=C(Nc1ccc(Oc2ccccc2)cc1)Nc1ccc([C@@H]2O[C@H](CSc3ccccc3C(=O)O)C[C@H](c3ccc(CO)cc3)O2)cc1. The molecule has 0 saturated carbocycles. The number of aliphatic hydroxyl groups excluding tert-OH is 1. The van der Waals surface area contributed by atoms with E-state index in [0.29, 0.717) is 34.2 Å². The molecule has 5 aromatic rings. The Hall–Kier alpha value is -5.13. The van der Waals surface area contributed by atoms with E-state index in [1.165, 1.54) is 11.8 Å². The van der Waals surface area contributed by atoms with Gasteiger partial charge < -0.3 is 35.1 Å². The van der Waals surface area contributed by atoms with Crippen LogP contribution in [0.25, 0.3) is 0 Å². The number of carbonyl (C=O) groups excluding carboxylic acids is 1. The van der Waals surface area contributed by atoms with Crippen molar-refractivity contribution in [1.29, 1.82) is 0 Å². The Bertz CT molecular complexity index is 1820. The van der Waals surface area contributed by atoms with Crippen LogP contribution in [0.2, 0.25) is 0 Å². The Labute approximate surface area is 282 Å². The molecular weight excluding hydrogens is 628 g/mol. The van der Waals surface area contributed by atoms with Crippen molar-refractivity contribution < 1.29 is 34.0 Å². The predicted octanol–water partition coefficient (Wildman–Crippen LogP) is 8.65. The monoisotopic (exact) mass is 662 g/mol. The summed E-state index contributed by atoms with van der Waals surface area (Å²) < 4.78 is 18.6. The Morgan fingerprint density at radius 3 is 2.00 bits per heavy atom. The summed E-state index contributed by atoms with van der Waals surface area (Å²) in [6.45, 7) is -0.0474. The lowest BCUT2D eigenvalue weighted by molar-refractivity contribution is -0.245. The van der Waals surface area contributed by atoms with Gasteiger partial charge in [0.1, 0.15) is 11.5 Å². The summed E-state index contributed by atoms with van der Waals surface area (Å²) in [5.41, 5.74) is 3.99. The largest absolute Gasteiger partial charge is 0.478 e. The normalized spacial score (nSPS) is 17.3. The number of thioether (sulfide) groups is 1. The molecule has 1 aliphatic heterocycles. The third kappa shape index (κ3) is 8.61. The summed E-state index contributed by atoms with van der Waals surface area (Å²) in [5.74, 6) is 0.936. The van der Waals surface area contributed by atoms with Gasteiger partial charge in [0.2, 0.25) is 0 Å². The average Bonchev–Trinajstić information content (AvgIpc) is 3.12. The van der Waals surface area contributed by atoms with E-state index >= 15 is 0 Å². The van der Waals surface area contributed by atoms with Crippen molar-refractivity contribution in [3.63, 3.8) is 0 Å². The number of urea groups is 1. The first kappa shape index (κ1) is 32.8. The van der Waals surface area contributed by atoms with Crippen LogP contribution in [0, 0.1) is 0 Å². The fraction of sp³-hybridized carbons (Fsp3) is 0.158. The minimum atomic E-state index is -0.973. The molecule has 0 aliphatic carbocycles. The lowest BCUT2D eigenvalue weighted by Gasteiger charge is -2.36. The smallest absolute Gasteiger partial charge is 0.336 e. The fourth-order valence-electron chi connectivity index (χ4n) is 5.22. The molecule has 1 aliphatic rings. The second-order valence-corrected chi connectivity index (χ2v) is 12.2. The number of ether oxygens (including phenoxy) is 3. The zero-order valence-corrected chi connectivity index (χ0v) is 26.6. The van der Waals surface area contributed by atoms with Crippen LogP contribution in [0.4, 0.5) is 16.2 Å². The third-order valence-corrected chi connectivity index (χ3v) is 8.89. The van der Waals surface area contributed by atoms with Crippen LogP contribution >= 0.6 is 11.8 Å². The predicted molar refractivity (Wildman–Crippen MR) is 185 cm³/mol. The summed E-state index contributed by atoms with van der Waals surface area (Å²) in [6.07, 6.45) is -0.659. The number of rotatable bonds is 11. The summed E-state index contributed by atoms with van der Waals surface area (Å²) in [7, 11) is 0. The molecule has 244 valence electrons. The van der Waals surface area contributed by atoms with E-state index in [4.69, 9.17) is 14.2 Å². The van der Waals surface area contributed by atoms with Crippen LogP contribution in [0.15, 0.2) is 132 Å². The molecule has 1 fully saturated rings. The molecule has 48 heavy (non-hydrogen) atoms. The first-order valence-electron chi connectivity index (χ1n) is 15.4. The summed E-state index contributed by atoms with van der Waals surface area (Å²) in [6, 6.07) is 38.0. The molecule has 9 nitrogen and oxygen atoms in total. The lowest BCUT2D eigenvalue weighted by Crippen LogP contribution is -2.31. The molecule has 0 radical (unpaired) electrons. The van der Waals surface area contributed by atoms with Gasteiger partial charge in [0, 0.05) is 34.0 Å².